The van der Waals surface area contributed by atoms with Crippen molar-refractivity contribution >= 4 is 35.4 Å². The van der Waals surface area contributed by atoms with E-state index >= 15 is 0 Å². The number of nitrogens with zero attached hydrogens (tertiary/aromatic N) is 3. The lowest BCUT2D eigenvalue weighted by atomic mass is 9.70. The van der Waals surface area contributed by atoms with Gasteiger partial charge in [-0.25, -0.2) is 9.78 Å². The smallest absolute Gasteiger partial charge is 0.415 e. The molecule has 0 spiro atoms. The predicted octanol–water partition coefficient (Wildman–Crippen LogP) is 2.54. The highest BCUT2D eigenvalue weighted by Gasteiger charge is 2.45. The maximum absolute atomic E-state index is 12.8. The van der Waals surface area contributed by atoms with Crippen LogP contribution in [0.5, 0.6) is 0 Å². The van der Waals surface area contributed by atoms with Gasteiger partial charge in [-0.2, -0.15) is 4.98 Å². The number of amides is 2. The highest BCUT2D eigenvalue weighted by molar-refractivity contribution is 6.20. The standard InChI is InChI=1S/C19H26ClN5O3/c1-19(2,13-10-11-9-12(20)3-4-14(11)22-16(13)26)24-17-21-6-5-15(23-17)25-7-8-28-18(25)27/h5-6,11-14H,3-4,7-10H2,1-2H3,(H,22,26)(H,21,23,24). The van der Waals surface area contributed by atoms with E-state index in [1.807, 2.05) is 13.8 Å². The summed E-state index contributed by atoms with van der Waals surface area (Å²) in [5, 5.41) is 6.69. The average Bonchev–Trinajstić information content (AvgIpc) is 3.07. The van der Waals surface area contributed by atoms with Crippen LogP contribution >= 0.6 is 11.6 Å². The number of ether oxygens (including phenoxy) is 1. The summed E-state index contributed by atoms with van der Waals surface area (Å²) in [4.78, 5) is 34.8. The zero-order valence-electron chi connectivity index (χ0n) is 16.2. The van der Waals surface area contributed by atoms with E-state index in [0.717, 1.165) is 25.7 Å². The molecule has 2 saturated heterocycles. The van der Waals surface area contributed by atoms with Crippen molar-refractivity contribution in [1.29, 1.82) is 0 Å². The van der Waals surface area contributed by atoms with Gasteiger partial charge in [-0.3, -0.25) is 9.69 Å². The largest absolute Gasteiger partial charge is 0.447 e. The number of cyclic esters (lactones) is 1. The van der Waals surface area contributed by atoms with Crippen LogP contribution in [0.2, 0.25) is 0 Å². The third-order valence-electron chi connectivity index (χ3n) is 6.08. The Labute approximate surface area is 169 Å². The van der Waals surface area contributed by atoms with Crippen molar-refractivity contribution in [1.82, 2.24) is 15.3 Å². The molecule has 2 N–H and O–H groups in total. The lowest BCUT2D eigenvalue weighted by molar-refractivity contribution is -0.131. The van der Waals surface area contributed by atoms with Gasteiger partial charge < -0.3 is 15.4 Å². The van der Waals surface area contributed by atoms with Gasteiger partial charge >= 0.3 is 6.09 Å². The molecule has 1 aromatic heterocycles. The van der Waals surface area contributed by atoms with E-state index in [1.165, 1.54) is 4.90 Å². The average molecular weight is 408 g/mol. The van der Waals surface area contributed by atoms with Gasteiger partial charge in [-0.05, 0) is 51.5 Å². The first kappa shape index (κ1) is 19.2. The lowest BCUT2D eigenvalue weighted by Gasteiger charge is -2.45. The number of halogens is 1. The van der Waals surface area contributed by atoms with Crippen molar-refractivity contribution in [3.63, 3.8) is 0 Å². The number of piperidine rings is 1. The molecule has 4 unspecified atom stereocenters. The van der Waals surface area contributed by atoms with E-state index in [9.17, 15) is 9.59 Å². The first-order valence-corrected chi connectivity index (χ1v) is 10.3. The van der Waals surface area contributed by atoms with Crippen LogP contribution in [0.3, 0.4) is 0 Å². The molecule has 3 fully saturated rings. The van der Waals surface area contributed by atoms with Gasteiger partial charge in [-0.1, -0.05) is 0 Å². The molecule has 2 aliphatic heterocycles. The summed E-state index contributed by atoms with van der Waals surface area (Å²) in [5.41, 5.74) is -0.557. The summed E-state index contributed by atoms with van der Waals surface area (Å²) in [5.74, 6) is 1.11. The van der Waals surface area contributed by atoms with E-state index in [0.29, 0.717) is 30.8 Å². The highest BCUT2D eigenvalue weighted by atomic mass is 35.5. The van der Waals surface area contributed by atoms with Crippen molar-refractivity contribution in [3.8, 4) is 0 Å². The van der Waals surface area contributed by atoms with Crippen LogP contribution in [0, 0.1) is 11.8 Å². The Morgan fingerprint density at radius 2 is 2.14 bits per heavy atom. The van der Waals surface area contributed by atoms with Crippen LogP contribution in [-0.2, 0) is 9.53 Å². The van der Waals surface area contributed by atoms with Crippen LogP contribution in [0.4, 0.5) is 16.6 Å². The first-order chi connectivity index (χ1) is 13.3. The van der Waals surface area contributed by atoms with E-state index in [2.05, 4.69) is 20.6 Å². The number of hydrogen-bond donors (Lipinski definition) is 2. The minimum Gasteiger partial charge on any atom is -0.447 e. The fourth-order valence-electron chi connectivity index (χ4n) is 4.51. The molecule has 3 aliphatic rings. The number of carbonyl (C=O) groups excluding carboxylic acids is 2. The van der Waals surface area contributed by atoms with E-state index < -0.39 is 11.6 Å². The van der Waals surface area contributed by atoms with Gasteiger partial charge in [0.1, 0.15) is 12.4 Å². The summed E-state index contributed by atoms with van der Waals surface area (Å²) < 4.78 is 4.97. The van der Waals surface area contributed by atoms with Gasteiger partial charge in [0.2, 0.25) is 11.9 Å². The highest BCUT2D eigenvalue weighted by Crippen LogP contribution is 2.39. The molecule has 3 heterocycles. The monoisotopic (exact) mass is 407 g/mol. The summed E-state index contributed by atoms with van der Waals surface area (Å²) in [7, 11) is 0. The van der Waals surface area contributed by atoms with Crippen LogP contribution in [-0.4, -0.2) is 52.1 Å². The van der Waals surface area contributed by atoms with Gasteiger partial charge in [0, 0.05) is 23.2 Å². The Kier molecular flexibility index (Phi) is 5.07. The third kappa shape index (κ3) is 3.74. The Morgan fingerprint density at radius 1 is 1.32 bits per heavy atom. The van der Waals surface area contributed by atoms with Crippen LogP contribution < -0.4 is 15.5 Å². The minimum atomic E-state index is -0.557. The summed E-state index contributed by atoms with van der Waals surface area (Å²) in [6.07, 6.45) is 4.81. The molecule has 1 aromatic rings. The molecule has 9 heteroatoms. The molecule has 4 rings (SSSR count). The zero-order chi connectivity index (χ0) is 19.9. The molecule has 4 atom stereocenters. The molecule has 28 heavy (non-hydrogen) atoms. The SMILES string of the molecule is CC(C)(Nc1nccc(N2CCOC2=O)n1)C1CC2CC(Cl)CCC2NC1=O. The maximum Gasteiger partial charge on any atom is 0.415 e. The van der Waals surface area contributed by atoms with Crippen LogP contribution in [0.1, 0.15) is 39.5 Å². The Bertz CT molecular complexity index is 774. The topological polar surface area (TPSA) is 96.4 Å². The molecule has 8 nitrogen and oxygen atoms in total. The number of carbonyl (C=O) groups is 2. The molecule has 0 radical (unpaired) electrons. The number of nitrogens with one attached hydrogen (secondary N) is 2. The molecule has 1 aliphatic carbocycles. The lowest BCUT2D eigenvalue weighted by Crippen LogP contribution is -2.58. The van der Waals surface area contributed by atoms with Gasteiger partial charge in [0.15, 0.2) is 0 Å². The fourth-order valence-corrected chi connectivity index (χ4v) is 4.86. The van der Waals surface area contributed by atoms with Gasteiger partial charge in [0.05, 0.1) is 12.5 Å². The van der Waals surface area contributed by atoms with Crippen molar-refractivity contribution < 1.29 is 14.3 Å². The van der Waals surface area contributed by atoms with E-state index in [-0.39, 0.29) is 23.2 Å². The van der Waals surface area contributed by atoms with Crippen LogP contribution in [0.15, 0.2) is 12.3 Å². The maximum atomic E-state index is 12.8. The second-order valence-electron chi connectivity index (χ2n) is 8.42. The zero-order valence-corrected chi connectivity index (χ0v) is 16.9. The third-order valence-corrected chi connectivity index (χ3v) is 6.48. The Morgan fingerprint density at radius 3 is 2.89 bits per heavy atom. The number of alkyl halides is 1. The number of aromatic nitrogens is 2. The summed E-state index contributed by atoms with van der Waals surface area (Å²) in [6, 6.07) is 1.90. The molecule has 2 amide bonds. The normalized spacial score (nSPS) is 30.5. The Hall–Kier alpha value is -2.09. The molecular weight excluding hydrogens is 382 g/mol. The first-order valence-electron chi connectivity index (χ1n) is 9.83. The Balaban J connectivity index is 1.49. The molecular formula is C19H26ClN5O3. The van der Waals surface area contributed by atoms with Crippen molar-refractivity contribution in [2.45, 2.75) is 56.5 Å². The molecule has 1 saturated carbocycles. The summed E-state index contributed by atoms with van der Waals surface area (Å²) >= 11 is 6.37. The fraction of sp³-hybridized carbons (Fsp3) is 0.684. The van der Waals surface area contributed by atoms with E-state index in [1.54, 1.807) is 12.3 Å². The minimum absolute atomic E-state index is 0.0612. The number of fused-ring (bicyclic) bond motifs is 1. The second kappa shape index (κ2) is 7.39. The predicted molar refractivity (Wildman–Crippen MR) is 105 cm³/mol. The van der Waals surface area contributed by atoms with Gasteiger partial charge in [0.25, 0.3) is 0 Å². The van der Waals surface area contributed by atoms with Gasteiger partial charge in [-0.15, -0.1) is 11.6 Å². The molecule has 0 aromatic carbocycles. The van der Waals surface area contributed by atoms with Crippen molar-refractivity contribution in [2.24, 2.45) is 11.8 Å². The van der Waals surface area contributed by atoms with Crippen molar-refractivity contribution in [2.75, 3.05) is 23.4 Å². The second-order valence-corrected chi connectivity index (χ2v) is 9.04. The quantitative estimate of drug-likeness (QED) is 0.744. The van der Waals surface area contributed by atoms with Crippen molar-refractivity contribution in [3.05, 3.63) is 12.3 Å². The number of hydrogen-bond acceptors (Lipinski definition) is 6. The number of rotatable bonds is 4. The molecule has 152 valence electrons. The van der Waals surface area contributed by atoms with Crippen LogP contribution in [0.25, 0.3) is 0 Å². The number of anilines is 2. The summed E-state index contributed by atoms with van der Waals surface area (Å²) in [6.45, 7) is 4.79. The molecule has 0 bridgehead atoms. The van der Waals surface area contributed by atoms with E-state index in [4.69, 9.17) is 16.3 Å².